The summed E-state index contributed by atoms with van der Waals surface area (Å²) in [6.45, 7) is 2.28. The van der Waals surface area contributed by atoms with Gasteiger partial charge in [-0.15, -0.1) is 0 Å². The lowest BCUT2D eigenvalue weighted by atomic mass is 9.94. The summed E-state index contributed by atoms with van der Waals surface area (Å²) in [7, 11) is 1.62. The number of carbonyl (C=O) groups is 1. The Hall–Kier alpha value is -3.34. The van der Waals surface area contributed by atoms with Crippen molar-refractivity contribution in [3.05, 3.63) is 71.3 Å². The Morgan fingerprint density at radius 3 is 2.68 bits per heavy atom. The van der Waals surface area contributed by atoms with Crippen LogP contribution in [0.4, 0.5) is 19.4 Å². The van der Waals surface area contributed by atoms with Gasteiger partial charge in [-0.25, -0.2) is 13.6 Å². The number of aromatic amines is 1. The van der Waals surface area contributed by atoms with Crippen LogP contribution in [-0.2, 0) is 11.3 Å². The number of urea groups is 1. The fourth-order valence-corrected chi connectivity index (χ4v) is 4.16. The number of halogens is 2. The second kappa shape index (κ2) is 10.7. The maximum Gasteiger partial charge on any atom is 0.320 e. The Bertz CT molecular complexity index is 1120. The molecular weight excluding hydrogens is 444 g/mol. The third kappa shape index (κ3) is 5.58. The highest BCUT2D eigenvalue weighted by Crippen LogP contribution is 2.29. The van der Waals surface area contributed by atoms with Gasteiger partial charge in [0.15, 0.2) is 11.6 Å². The standard InChI is InChI=1S/C24H27F2N5O3/c1-34-9-8-31-12-18(17-6-7-19(25)20(26)10-17)22(13-31)27-24(33)28-23-11-21(29-30-23)16-4-2-15(14-32)3-5-16/h2-7,10-11,18,22,32H,8-9,12-14H2,1H3,(H3,27,28,29,30,33)/t18-,22+/m0/s1. The number of aromatic nitrogens is 2. The van der Waals surface area contributed by atoms with Crippen LogP contribution in [0.3, 0.4) is 0 Å². The normalized spacial score (nSPS) is 18.2. The van der Waals surface area contributed by atoms with E-state index in [1.54, 1.807) is 31.4 Å². The molecule has 0 radical (unpaired) electrons. The molecule has 1 aromatic heterocycles. The number of anilines is 1. The first-order valence-electron chi connectivity index (χ1n) is 11.0. The molecule has 0 aliphatic carbocycles. The van der Waals surface area contributed by atoms with Crippen LogP contribution in [0.5, 0.6) is 0 Å². The van der Waals surface area contributed by atoms with E-state index >= 15 is 0 Å². The fourth-order valence-electron chi connectivity index (χ4n) is 4.16. The van der Waals surface area contributed by atoms with Crippen molar-refractivity contribution in [1.82, 2.24) is 20.4 Å². The highest BCUT2D eigenvalue weighted by molar-refractivity contribution is 5.89. The number of hydrogen-bond acceptors (Lipinski definition) is 5. The van der Waals surface area contributed by atoms with Crippen LogP contribution >= 0.6 is 0 Å². The van der Waals surface area contributed by atoms with Gasteiger partial charge in [-0.05, 0) is 23.3 Å². The average Bonchev–Trinajstić information content (AvgIpc) is 3.46. The van der Waals surface area contributed by atoms with Crippen LogP contribution in [0.2, 0.25) is 0 Å². The van der Waals surface area contributed by atoms with Crippen LogP contribution < -0.4 is 10.6 Å². The number of rotatable bonds is 8. The Kier molecular flexibility index (Phi) is 7.51. The first-order chi connectivity index (χ1) is 16.5. The van der Waals surface area contributed by atoms with E-state index in [1.165, 1.54) is 6.07 Å². The Morgan fingerprint density at radius 1 is 1.18 bits per heavy atom. The number of benzene rings is 2. The lowest BCUT2D eigenvalue weighted by molar-refractivity contribution is 0.159. The van der Waals surface area contributed by atoms with Crippen molar-refractivity contribution >= 4 is 11.8 Å². The van der Waals surface area contributed by atoms with Gasteiger partial charge < -0.3 is 15.2 Å². The number of aliphatic hydroxyl groups excluding tert-OH is 1. The maximum absolute atomic E-state index is 13.9. The molecule has 1 aliphatic rings. The van der Waals surface area contributed by atoms with Gasteiger partial charge in [-0.2, -0.15) is 5.10 Å². The molecule has 1 saturated heterocycles. The molecule has 180 valence electrons. The lowest BCUT2D eigenvalue weighted by Crippen LogP contribution is -2.42. The first-order valence-corrected chi connectivity index (χ1v) is 11.0. The summed E-state index contributed by atoms with van der Waals surface area (Å²) in [4.78, 5) is 14.9. The quantitative estimate of drug-likeness (QED) is 0.404. The van der Waals surface area contributed by atoms with Crippen molar-refractivity contribution in [2.45, 2.75) is 18.6 Å². The monoisotopic (exact) mass is 471 g/mol. The number of hydrogen-bond donors (Lipinski definition) is 4. The zero-order valence-electron chi connectivity index (χ0n) is 18.7. The topological polar surface area (TPSA) is 103 Å². The Morgan fingerprint density at radius 2 is 1.97 bits per heavy atom. The van der Waals surface area contributed by atoms with Crippen LogP contribution in [0, 0.1) is 11.6 Å². The zero-order chi connectivity index (χ0) is 24.1. The maximum atomic E-state index is 13.9. The number of methoxy groups -OCH3 is 1. The minimum Gasteiger partial charge on any atom is -0.392 e. The molecule has 4 rings (SSSR count). The number of H-pyrrole nitrogens is 1. The predicted molar refractivity (Wildman–Crippen MR) is 123 cm³/mol. The molecule has 2 aromatic carbocycles. The number of aliphatic hydroxyl groups is 1. The van der Waals surface area contributed by atoms with E-state index in [2.05, 4.69) is 25.7 Å². The minimum atomic E-state index is -0.909. The van der Waals surface area contributed by atoms with Crippen LogP contribution in [0.15, 0.2) is 48.5 Å². The third-order valence-corrected chi connectivity index (χ3v) is 5.95. The zero-order valence-corrected chi connectivity index (χ0v) is 18.7. The summed E-state index contributed by atoms with van der Waals surface area (Å²) in [5.41, 5.74) is 2.90. The van der Waals surface area contributed by atoms with Crippen molar-refractivity contribution < 1.29 is 23.4 Å². The summed E-state index contributed by atoms with van der Waals surface area (Å²) in [5.74, 6) is -1.60. The Balaban J connectivity index is 1.43. The van der Waals surface area contributed by atoms with Crippen molar-refractivity contribution in [3.63, 3.8) is 0 Å². The molecule has 0 bridgehead atoms. The van der Waals surface area contributed by atoms with Crippen molar-refractivity contribution in [2.24, 2.45) is 0 Å². The van der Waals surface area contributed by atoms with E-state index < -0.39 is 17.7 Å². The smallest absolute Gasteiger partial charge is 0.320 e. The summed E-state index contributed by atoms with van der Waals surface area (Å²) in [6.07, 6.45) is 0. The van der Waals surface area contributed by atoms with Crippen LogP contribution in [0.1, 0.15) is 17.0 Å². The Labute approximate surface area is 195 Å². The van der Waals surface area contributed by atoms with Crippen molar-refractivity contribution in [2.75, 3.05) is 38.7 Å². The van der Waals surface area contributed by atoms with Crippen LogP contribution in [0.25, 0.3) is 11.3 Å². The molecule has 34 heavy (non-hydrogen) atoms. The van der Waals surface area contributed by atoms with Gasteiger partial charge in [0.25, 0.3) is 0 Å². The number of likely N-dealkylation sites (tertiary alicyclic amines) is 1. The predicted octanol–water partition coefficient (Wildman–Crippen LogP) is 3.08. The molecule has 1 aliphatic heterocycles. The molecule has 0 spiro atoms. The molecule has 2 amide bonds. The van der Waals surface area contributed by atoms with Gasteiger partial charge in [0.2, 0.25) is 0 Å². The molecule has 0 saturated carbocycles. The molecule has 1 fully saturated rings. The van der Waals surface area contributed by atoms with Crippen molar-refractivity contribution in [3.8, 4) is 11.3 Å². The van der Waals surface area contributed by atoms with E-state index in [0.29, 0.717) is 43.3 Å². The number of ether oxygens (including phenoxy) is 1. The second-order valence-electron chi connectivity index (χ2n) is 8.26. The van der Waals surface area contributed by atoms with E-state index in [0.717, 1.165) is 17.2 Å². The number of carbonyl (C=O) groups excluding carboxylic acids is 1. The molecule has 3 aromatic rings. The highest BCUT2D eigenvalue weighted by atomic mass is 19.2. The van der Waals surface area contributed by atoms with E-state index in [-0.39, 0.29) is 18.6 Å². The molecule has 0 unspecified atom stereocenters. The third-order valence-electron chi connectivity index (χ3n) is 5.95. The average molecular weight is 472 g/mol. The summed E-state index contributed by atoms with van der Waals surface area (Å²) in [5, 5.41) is 21.9. The summed E-state index contributed by atoms with van der Waals surface area (Å²) < 4.78 is 32.5. The largest absolute Gasteiger partial charge is 0.392 e. The summed E-state index contributed by atoms with van der Waals surface area (Å²) >= 11 is 0. The lowest BCUT2D eigenvalue weighted by Gasteiger charge is -2.20. The second-order valence-corrected chi connectivity index (χ2v) is 8.26. The van der Waals surface area contributed by atoms with E-state index in [1.807, 2.05) is 12.1 Å². The first kappa shape index (κ1) is 23.8. The van der Waals surface area contributed by atoms with Gasteiger partial charge in [-0.3, -0.25) is 15.3 Å². The van der Waals surface area contributed by atoms with E-state index in [4.69, 9.17) is 4.74 Å². The van der Waals surface area contributed by atoms with Crippen molar-refractivity contribution in [1.29, 1.82) is 0 Å². The highest BCUT2D eigenvalue weighted by Gasteiger charge is 2.35. The molecule has 4 N–H and O–H groups in total. The molecule has 2 atom stereocenters. The van der Waals surface area contributed by atoms with Gasteiger partial charge in [-0.1, -0.05) is 30.3 Å². The van der Waals surface area contributed by atoms with Crippen LogP contribution in [-0.4, -0.2) is 65.6 Å². The number of amides is 2. The molecular formula is C24H27F2N5O3. The summed E-state index contributed by atoms with van der Waals surface area (Å²) in [6, 6.07) is 12.1. The van der Waals surface area contributed by atoms with Gasteiger partial charge >= 0.3 is 6.03 Å². The van der Waals surface area contributed by atoms with Gasteiger partial charge in [0.05, 0.1) is 24.9 Å². The molecule has 10 heteroatoms. The molecule has 2 heterocycles. The number of nitrogens with zero attached hydrogens (tertiary/aromatic N) is 2. The SMILES string of the molecule is COCCN1C[C@@H](NC(=O)Nc2cc(-c3ccc(CO)cc3)n[nH]2)[C@H](c2ccc(F)c(F)c2)C1. The number of nitrogens with one attached hydrogen (secondary N) is 3. The fraction of sp³-hybridized carbons (Fsp3) is 0.333. The van der Waals surface area contributed by atoms with Gasteiger partial charge in [0, 0.05) is 44.3 Å². The van der Waals surface area contributed by atoms with E-state index in [9.17, 15) is 18.7 Å². The van der Waals surface area contributed by atoms with Gasteiger partial charge in [0.1, 0.15) is 5.82 Å². The minimum absolute atomic E-state index is 0.0383. The molecule has 8 nitrogen and oxygen atoms in total.